The lowest BCUT2D eigenvalue weighted by atomic mass is 10.0. The van der Waals surface area contributed by atoms with E-state index in [-0.39, 0.29) is 17.3 Å². The van der Waals surface area contributed by atoms with Crippen LogP contribution in [0.2, 0.25) is 0 Å². The summed E-state index contributed by atoms with van der Waals surface area (Å²) in [5, 5.41) is 21.2. The standard InChI is InChI=1S/C20H21F2N7O/c1-12(30)28-8-3-4-13(7-9-28)14-10-15(19(23)24-11-14)20-25-26-27-29(20)17-6-2-5-16(21)18(17)22/h2,5-7,10-12,30H,3-4,8-9H2,1H3,(H2,23,24). The van der Waals surface area contributed by atoms with E-state index in [1.165, 1.54) is 12.1 Å². The van der Waals surface area contributed by atoms with Crippen LogP contribution in [0.1, 0.15) is 25.3 Å². The average Bonchev–Trinajstić information content (AvgIpc) is 3.06. The second-order valence-electron chi connectivity index (χ2n) is 7.10. The number of nitrogen functional groups attached to an aromatic ring is 1. The lowest BCUT2D eigenvalue weighted by molar-refractivity contribution is 0.0279. The van der Waals surface area contributed by atoms with Crippen LogP contribution in [0.25, 0.3) is 22.6 Å². The number of halogens is 2. The molecule has 3 aromatic rings. The molecule has 0 amide bonds. The Morgan fingerprint density at radius 3 is 2.90 bits per heavy atom. The normalized spacial score (nSPS) is 16.2. The number of aromatic nitrogens is 5. The number of aliphatic hydroxyl groups excluding tert-OH is 1. The summed E-state index contributed by atoms with van der Waals surface area (Å²) in [6, 6.07) is 5.58. The first kappa shape index (κ1) is 20.0. The van der Waals surface area contributed by atoms with Crippen molar-refractivity contribution in [2.75, 3.05) is 18.8 Å². The van der Waals surface area contributed by atoms with E-state index in [1.54, 1.807) is 19.2 Å². The number of pyridine rings is 1. The van der Waals surface area contributed by atoms with E-state index < -0.39 is 17.9 Å². The van der Waals surface area contributed by atoms with Gasteiger partial charge >= 0.3 is 0 Å². The van der Waals surface area contributed by atoms with Gasteiger partial charge in [0.25, 0.3) is 0 Å². The molecule has 2 aromatic heterocycles. The summed E-state index contributed by atoms with van der Waals surface area (Å²) in [5.74, 6) is -1.73. The smallest absolute Gasteiger partial charge is 0.190 e. The van der Waals surface area contributed by atoms with Crippen molar-refractivity contribution in [2.45, 2.75) is 26.0 Å². The molecule has 30 heavy (non-hydrogen) atoms. The van der Waals surface area contributed by atoms with E-state index in [1.807, 2.05) is 11.0 Å². The lowest BCUT2D eigenvalue weighted by Gasteiger charge is -2.21. The average molecular weight is 413 g/mol. The van der Waals surface area contributed by atoms with E-state index in [4.69, 9.17) is 5.73 Å². The van der Waals surface area contributed by atoms with Crippen LogP contribution < -0.4 is 5.73 Å². The number of tetrazole rings is 1. The molecule has 0 fully saturated rings. The summed E-state index contributed by atoms with van der Waals surface area (Å²) < 4.78 is 29.1. The second kappa shape index (κ2) is 8.25. The van der Waals surface area contributed by atoms with Gasteiger partial charge in [-0.1, -0.05) is 12.1 Å². The quantitative estimate of drug-likeness (QED) is 0.676. The fraction of sp³-hybridized carbons (Fsp3) is 0.300. The first-order valence-corrected chi connectivity index (χ1v) is 9.56. The van der Waals surface area contributed by atoms with E-state index in [0.29, 0.717) is 12.1 Å². The molecule has 0 aliphatic carbocycles. The number of allylic oxidation sites excluding steroid dienone is 1. The highest BCUT2D eigenvalue weighted by atomic mass is 19.2. The van der Waals surface area contributed by atoms with Crippen LogP contribution in [-0.4, -0.2) is 54.5 Å². The Hall–Kier alpha value is -3.24. The van der Waals surface area contributed by atoms with Gasteiger partial charge in [0.2, 0.25) is 0 Å². The molecular weight excluding hydrogens is 392 g/mol. The van der Waals surface area contributed by atoms with Crippen molar-refractivity contribution in [1.29, 1.82) is 0 Å². The molecule has 1 aliphatic rings. The molecule has 156 valence electrons. The number of hydrogen-bond acceptors (Lipinski definition) is 7. The summed E-state index contributed by atoms with van der Waals surface area (Å²) in [5.41, 5.74) is 8.25. The minimum Gasteiger partial charge on any atom is -0.383 e. The summed E-state index contributed by atoms with van der Waals surface area (Å²) in [4.78, 5) is 6.23. The molecule has 0 saturated heterocycles. The highest BCUT2D eigenvalue weighted by Gasteiger charge is 2.20. The Bertz CT molecular complexity index is 1100. The number of benzene rings is 1. The van der Waals surface area contributed by atoms with Crippen LogP contribution in [0.3, 0.4) is 0 Å². The zero-order chi connectivity index (χ0) is 21.3. The molecule has 1 atom stereocenters. The van der Waals surface area contributed by atoms with Gasteiger partial charge in [-0.15, -0.1) is 5.10 Å². The molecule has 0 spiro atoms. The van der Waals surface area contributed by atoms with Crippen LogP contribution in [0.5, 0.6) is 0 Å². The number of nitrogens with zero attached hydrogens (tertiary/aromatic N) is 6. The molecule has 0 saturated carbocycles. The van der Waals surface area contributed by atoms with Crippen molar-refractivity contribution >= 4 is 11.4 Å². The van der Waals surface area contributed by atoms with Crippen molar-refractivity contribution in [1.82, 2.24) is 30.1 Å². The van der Waals surface area contributed by atoms with Gasteiger partial charge in [0.15, 0.2) is 17.5 Å². The first-order valence-electron chi connectivity index (χ1n) is 9.56. The zero-order valence-electron chi connectivity index (χ0n) is 16.3. The predicted octanol–water partition coefficient (Wildman–Crippen LogP) is 2.40. The summed E-state index contributed by atoms with van der Waals surface area (Å²) in [6.45, 7) is 3.13. The molecule has 1 aliphatic heterocycles. The Balaban J connectivity index is 1.74. The van der Waals surface area contributed by atoms with Crippen molar-refractivity contribution in [3.8, 4) is 17.1 Å². The number of anilines is 1. The first-order chi connectivity index (χ1) is 14.5. The van der Waals surface area contributed by atoms with Gasteiger partial charge in [0.05, 0.1) is 5.56 Å². The van der Waals surface area contributed by atoms with E-state index in [9.17, 15) is 13.9 Å². The number of nitrogens with two attached hydrogens (primary N) is 1. The van der Waals surface area contributed by atoms with Crippen LogP contribution in [-0.2, 0) is 0 Å². The third kappa shape index (κ3) is 3.79. The molecule has 3 heterocycles. The monoisotopic (exact) mass is 413 g/mol. The third-order valence-electron chi connectivity index (χ3n) is 5.15. The fourth-order valence-corrected chi connectivity index (χ4v) is 3.50. The Labute approximate surface area is 171 Å². The molecule has 10 heteroatoms. The van der Waals surface area contributed by atoms with E-state index in [2.05, 4.69) is 20.5 Å². The van der Waals surface area contributed by atoms with Crippen molar-refractivity contribution in [3.05, 3.63) is 53.7 Å². The van der Waals surface area contributed by atoms with Crippen molar-refractivity contribution in [2.24, 2.45) is 0 Å². The van der Waals surface area contributed by atoms with Gasteiger partial charge in [-0.25, -0.2) is 13.8 Å². The molecule has 4 rings (SSSR count). The summed E-state index contributed by atoms with van der Waals surface area (Å²) in [7, 11) is 0. The maximum atomic E-state index is 14.3. The van der Waals surface area contributed by atoms with E-state index >= 15 is 0 Å². The largest absolute Gasteiger partial charge is 0.383 e. The van der Waals surface area contributed by atoms with Gasteiger partial charge in [0, 0.05) is 19.3 Å². The topological polar surface area (TPSA) is 106 Å². The van der Waals surface area contributed by atoms with Gasteiger partial charge in [0.1, 0.15) is 17.7 Å². The molecule has 0 radical (unpaired) electrons. The fourth-order valence-electron chi connectivity index (χ4n) is 3.50. The maximum Gasteiger partial charge on any atom is 0.190 e. The Kier molecular flexibility index (Phi) is 5.51. The van der Waals surface area contributed by atoms with Crippen molar-refractivity contribution < 1.29 is 13.9 Å². The minimum atomic E-state index is -1.06. The maximum absolute atomic E-state index is 14.3. The summed E-state index contributed by atoms with van der Waals surface area (Å²) in [6.07, 6.45) is 4.87. The SMILES string of the molecule is CC(O)N1CC=C(c2cnc(N)c(-c3nnnn3-c3cccc(F)c3F)c2)CCC1. The van der Waals surface area contributed by atoms with Crippen LogP contribution >= 0.6 is 0 Å². The van der Waals surface area contributed by atoms with Gasteiger partial charge < -0.3 is 10.8 Å². The van der Waals surface area contributed by atoms with Crippen LogP contribution in [0.4, 0.5) is 14.6 Å². The number of rotatable bonds is 4. The molecular formula is C20H21F2N7O. The highest BCUT2D eigenvalue weighted by molar-refractivity contribution is 5.76. The van der Waals surface area contributed by atoms with Gasteiger partial charge in [-0.05, 0) is 59.5 Å². The molecule has 1 aromatic carbocycles. The minimum absolute atomic E-state index is 0.124. The lowest BCUT2D eigenvalue weighted by Crippen LogP contribution is -2.33. The highest BCUT2D eigenvalue weighted by Crippen LogP contribution is 2.30. The third-order valence-corrected chi connectivity index (χ3v) is 5.15. The molecule has 0 bridgehead atoms. The van der Waals surface area contributed by atoms with Crippen LogP contribution in [0, 0.1) is 11.6 Å². The second-order valence-corrected chi connectivity index (χ2v) is 7.10. The van der Waals surface area contributed by atoms with Crippen molar-refractivity contribution in [3.63, 3.8) is 0 Å². The summed E-state index contributed by atoms with van der Waals surface area (Å²) >= 11 is 0. The zero-order valence-corrected chi connectivity index (χ0v) is 16.3. The number of hydrogen-bond donors (Lipinski definition) is 2. The number of aliphatic hydroxyl groups is 1. The Morgan fingerprint density at radius 1 is 1.27 bits per heavy atom. The van der Waals surface area contributed by atoms with Gasteiger partial charge in [-0.2, -0.15) is 4.68 Å². The Morgan fingerprint density at radius 2 is 2.10 bits per heavy atom. The molecule has 1 unspecified atom stereocenters. The molecule has 8 nitrogen and oxygen atoms in total. The van der Waals surface area contributed by atoms with Gasteiger partial charge in [-0.3, -0.25) is 4.90 Å². The molecule has 3 N–H and O–H groups in total. The van der Waals surface area contributed by atoms with E-state index in [0.717, 1.165) is 41.3 Å². The predicted molar refractivity (Wildman–Crippen MR) is 107 cm³/mol. The van der Waals surface area contributed by atoms with Crippen LogP contribution in [0.15, 0.2) is 36.5 Å².